The predicted octanol–water partition coefficient (Wildman–Crippen LogP) is 3.25. The van der Waals surface area contributed by atoms with Gasteiger partial charge in [0.05, 0.1) is 7.11 Å². The second kappa shape index (κ2) is 7.68. The number of rotatable bonds is 3. The van der Waals surface area contributed by atoms with Gasteiger partial charge in [0.15, 0.2) is 0 Å². The highest BCUT2D eigenvalue weighted by atomic mass is 16.5. The fourth-order valence-corrected chi connectivity index (χ4v) is 6.15. The highest BCUT2D eigenvalue weighted by Gasteiger charge is 2.46. The van der Waals surface area contributed by atoms with Crippen molar-refractivity contribution in [3.8, 4) is 5.75 Å². The molecule has 152 valence electrons. The number of benzene rings is 1. The molecule has 5 atom stereocenters. The first-order valence-corrected chi connectivity index (χ1v) is 11.0. The maximum Gasteiger partial charge on any atom is 0.251 e. The maximum absolute atomic E-state index is 12.9. The van der Waals surface area contributed by atoms with Crippen LogP contribution in [-0.4, -0.2) is 61.2 Å². The second-order valence-corrected chi connectivity index (χ2v) is 9.09. The Bertz CT molecular complexity index is 700. The van der Waals surface area contributed by atoms with E-state index in [4.69, 9.17) is 9.47 Å². The molecule has 2 bridgehead atoms. The normalized spacial score (nSPS) is 35.5. The van der Waals surface area contributed by atoms with E-state index in [1.54, 1.807) is 7.11 Å². The molecule has 5 rings (SSSR count). The zero-order valence-corrected chi connectivity index (χ0v) is 16.9. The number of carbonyl (C=O) groups excluding carboxylic acids is 1. The molecule has 4 fully saturated rings. The fourth-order valence-electron chi connectivity index (χ4n) is 6.15. The number of fused-ring (bicyclic) bond motifs is 4. The number of methoxy groups -OCH3 is 1. The van der Waals surface area contributed by atoms with E-state index in [9.17, 15) is 4.79 Å². The quantitative estimate of drug-likeness (QED) is 0.802. The Morgan fingerprint density at radius 2 is 1.93 bits per heavy atom. The van der Waals surface area contributed by atoms with Gasteiger partial charge in [-0.2, -0.15) is 0 Å². The molecule has 0 saturated carbocycles. The van der Waals surface area contributed by atoms with Crippen LogP contribution in [-0.2, 0) is 9.53 Å². The summed E-state index contributed by atoms with van der Waals surface area (Å²) in [5.74, 6) is 2.39. The van der Waals surface area contributed by atoms with E-state index in [0.717, 1.165) is 44.8 Å². The molecule has 0 aromatic heterocycles. The average molecular weight is 385 g/mol. The van der Waals surface area contributed by atoms with Crippen molar-refractivity contribution in [2.24, 2.45) is 11.8 Å². The summed E-state index contributed by atoms with van der Waals surface area (Å²) < 4.78 is 11.0. The lowest BCUT2D eigenvalue weighted by molar-refractivity contribution is -0.148. The molecule has 28 heavy (non-hydrogen) atoms. The Kier molecular flexibility index (Phi) is 5.06. The van der Waals surface area contributed by atoms with Crippen molar-refractivity contribution in [3.63, 3.8) is 0 Å². The van der Waals surface area contributed by atoms with Crippen LogP contribution in [0.25, 0.3) is 0 Å². The summed E-state index contributed by atoms with van der Waals surface area (Å²) >= 11 is 0. The number of likely N-dealkylation sites (tertiary alicyclic amines) is 1. The van der Waals surface area contributed by atoms with Crippen molar-refractivity contribution in [1.29, 1.82) is 0 Å². The smallest absolute Gasteiger partial charge is 0.251 e. The molecule has 0 spiro atoms. The summed E-state index contributed by atoms with van der Waals surface area (Å²) in [5.41, 5.74) is 1.41. The van der Waals surface area contributed by atoms with Gasteiger partial charge in [-0.3, -0.25) is 9.69 Å². The summed E-state index contributed by atoms with van der Waals surface area (Å²) in [6.07, 6.45) is 6.82. The van der Waals surface area contributed by atoms with Gasteiger partial charge in [-0.25, -0.2) is 0 Å². The van der Waals surface area contributed by atoms with Gasteiger partial charge in [0.2, 0.25) is 0 Å². The SMILES string of the molecule is COc1ccc([C@H]2CCC[C@H]3[C@@H]4C[C@@H](CN(C(=O)[C@H]5CCCO5)C4)CN23)cc1. The first-order chi connectivity index (χ1) is 13.7. The molecule has 0 unspecified atom stereocenters. The molecule has 0 radical (unpaired) electrons. The lowest BCUT2D eigenvalue weighted by Gasteiger charge is -2.55. The van der Waals surface area contributed by atoms with E-state index in [0.29, 0.717) is 23.9 Å². The van der Waals surface area contributed by atoms with E-state index in [1.165, 1.54) is 31.2 Å². The second-order valence-electron chi connectivity index (χ2n) is 9.09. The molecule has 1 aromatic carbocycles. The van der Waals surface area contributed by atoms with E-state index < -0.39 is 0 Å². The summed E-state index contributed by atoms with van der Waals surface area (Å²) in [7, 11) is 1.72. The molecule has 4 heterocycles. The molecule has 4 saturated heterocycles. The maximum atomic E-state index is 12.9. The third-order valence-electron chi connectivity index (χ3n) is 7.40. The first kappa shape index (κ1) is 18.4. The van der Waals surface area contributed by atoms with Crippen LogP contribution in [0.15, 0.2) is 24.3 Å². The molecule has 4 aliphatic heterocycles. The molecule has 1 amide bonds. The Balaban J connectivity index is 1.32. The minimum Gasteiger partial charge on any atom is -0.497 e. The van der Waals surface area contributed by atoms with Gasteiger partial charge in [0, 0.05) is 38.3 Å². The zero-order chi connectivity index (χ0) is 19.1. The number of piperidine rings is 3. The van der Waals surface area contributed by atoms with Crippen molar-refractivity contribution < 1.29 is 14.3 Å². The number of amides is 1. The lowest BCUT2D eigenvalue weighted by Crippen LogP contribution is -2.61. The number of ether oxygens (including phenoxy) is 2. The van der Waals surface area contributed by atoms with Crippen molar-refractivity contribution in [2.45, 2.75) is 56.7 Å². The first-order valence-electron chi connectivity index (χ1n) is 11.0. The molecule has 0 N–H and O–H groups in total. The van der Waals surface area contributed by atoms with E-state index in [1.807, 2.05) is 0 Å². The van der Waals surface area contributed by atoms with Crippen LogP contribution in [0.4, 0.5) is 0 Å². The molecule has 0 aliphatic carbocycles. The van der Waals surface area contributed by atoms with Gasteiger partial charge in [0.25, 0.3) is 5.91 Å². The lowest BCUT2D eigenvalue weighted by atomic mass is 9.74. The fraction of sp³-hybridized carbons (Fsp3) is 0.696. The Morgan fingerprint density at radius 3 is 2.68 bits per heavy atom. The van der Waals surface area contributed by atoms with Crippen LogP contribution in [0.1, 0.15) is 50.1 Å². The van der Waals surface area contributed by atoms with Gasteiger partial charge in [-0.1, -0.05) is 12.1 Å². The van der Waals surface area contributed by atoms with Crippen LogP contribution < -0.4 is 4.74 Å². The highest BCUT2D eigenvalue weighted by molar-refractivity contribution is 5.81. The highest BCUT2D eigenvalue weighted by Crippen LogP contribution is 2.44. The van der Waals surface area contributed by atoms with Gasteiger partial charge in [-0.05, 0) is 68.1 Å². The van der Waals surface area contributed by atoms with Gasteiger partial charge in [0.1, 0.15) is 11.9 Å². The number of nitrogens with zero attached hydrogens (tertiary/aromatic N) is 2. The minimum absolute atomic E-state index is 0.173. The van der Waals surface area contributed by atoms with Crippen LogP contribution in [0, 0.1) is 11.8 Å². The van der Waals surface area contributed by atoms with Crippen LogP contribution in [0.3, 0.4) is 0 Å². The van der Waals surface area contributed by atoms with Gasteiger partial charge >= 0.3 is 0 Å². The summed E-state index contributed by atoms with van der Waals surface area (Å²) in [4.78, 5) is 17.8. The third-order valence-corrected chi connectivity index (χ3v) is 7.40. The number of carbonyl (C=O) groups is 1. The number of hydrogen-bond donors (Lipinski definition) is 0. The van der Waals surface area contributed by atoms with Crippen molar-refractivity contribution in [2.75, 3.05) is 33.4 Å². The average Bonchev–Trinajstić information content (AvgIpc) is 3.28. The van der Waals surface area contributed by atoms with Crippen molar-refractivity contribution in [1.82, 2.24) is 9.80 Å². The van der Waals surface area contributed by atoms with Gasteiger partial charge < -0.3 is 14.4 Å². The number of hydrogen-bond acceptors (Lipinski definition) is 4. The molecule has 5 nitrogen and oxygen atoms in total. The Morgan fingerprint density at radius 1 is 1.07 bits per heavy atom. The largest absolute Gasteiger partial charge is 0.497 e. The van der Waals surface area contributed by atoms with Gasteiger partial charge in [-0.15, -0.1) is 0 Å². The predicted molar refractivity (Wildman–Crippen MR) is 107 cm³/mol. The standard InChI is InChI=1S/C23H32N2O3/c1-27-19-9-7-17(8-10-19)20-4-2-5-21-18-12-16(14-25(20)21)13-24(15-18)23(26)22-6-3-11-28-22/h7-10,16,18,20-22H,2-6,11-15H2,1H3/t16-,18+,20+,21-,22+/m0/s1. The van der Waals surface area contributed by atoms with Crippen molar-refractivity contribution >= 4 is 5.91 Å². The third kappa shape index (κ3) is 3.33. The zero-order valence-electron chi connectivity index (χ0n) is 16.9. The summed E-state index contributed by atoms with van der Waals surface area (Å²) in [6.45, 7) is 3.70. The molecule has 1 aromatic rings. The molecular weight excluding hydrogens is 352 g/mol. The minimum atomic E-state index is -0.173. The summed E-state index contributed by atoms with van der Waals surface area (Å²) in [5, 5.41) is 0. The van der Waals surface area contributed by atoms with Crippen molar-refractivity contribution in [3.05, 3.63) is 29.8 Å². The molecular formula is C23H32N2O3. The molecule has 4 aliphatic rings. The topological polar surface area (TPSA) is 42.0 Å². The summed E-state index contributed by atoms with van der Waals surface area (Å²) in [6, 6.07) is 9.78. The Hall–Kier alpha value is -1.59. The van der Waals surface area contributed by atoms with Crippen LogP contribution in [0.2, 0.25) is 0 Å². The van der Waals surface area contributed by atoms with E-state index >= 15 is 0 Å². The van der Waals surface area contributed by atoms with Crippen LogP contribution in [0.5, 0.6) is 5.75 Å². The van der Waals surface area contributed by atoms with E-state index in [-0.39, 0.29) is 12.0 Å². The van der Waals surface area contributed by atoms with E-state index in [2.05, 4.69) is 34.1 Å². The monoisotopic (exact) mass is 384 g/mol. The molecule has 5 heteroatoms. The van der Waals surface area contributed by atoms with Crippen LogP contribution >= 0.6 is 0 Å². The Labute approximate surface area is 168 Å².